The zero-order valence-electron chi connectivity index (χ0n) is 11.5. The Morgan fingerprint density at radius 1 is 1.32 bits per heavy atom. The summed E-state index contributed by atoms with van der Waals surface area (Å²) in [5.41, 5.74) is 5.00. The highest BCUT2D eigenvalue weighted by Crippen LogP contribution is 2.37. The zero-order chi connectivity index (χ0) is 14.2. The lowest BCUT2D eigenvalue weighted by molar-refractivity contribution is 0.418. The van der Waals surface area contributed by atoms with E-state index in [4.69, 9.17) is 22.2 Å². The predicted molar refractivity (Wildman–Crippen MR) is 79.8 cm³/mol. The average Bonchev–Trinajstić information content (AvgIpc) is 2.37. The highest BCUT2D eigenvalue weighted by molar-refractivity contribution is 6.36. The minimum Gasteiger partial charge on any atom is -0.494 e. The molecule has 1 heterocycles. The van der Waals surface area contributed by atoms with Gasteiger partial charge in [-0.3, -0.25) is 5.84 Å². The number of rotatable bonds is 2. The minimum absolute atomic E-state index is 0.0902. The van der Waals surface area contributed by atoms with Crippen molar-refractivity contribution in [3.05, 3.63) is 28.9 Å². The molecule has 0 aliphatic heterocycles. The quantitative estimate of drug-likeness (QED) is 0.653. The van der Waals surface area contributed by atoms with Crippen LogP contribution in [0.4, 0.5) is 5.69 Å². The molecule has 1 aromatic carbocycles. The maximum Gasteiger partial charge on any atom is 0.145 e. The van der Waals surface area contributed by atoms with Gasteiger partial charge in [0.05, 0.1) is 17.8 Å². The third-order valence-corrected chi connectivity index (χ3v) is 3.33. The molecular formula is C14H18ClN3O. The standard InChI is InChI=1S/C14H18ClN3O/c1-14(2,3)11-7-9(18-16)12-8(15)5-6-10(19-4)13(12)17-11/h5-7H,16H2,1-4H3,(H,17,18). The Morgan fingerprint density at radius 2 is 2.00 bits per heavy atom. The predicted octanol–water partition coefficient (Wildman–Crippen LogP) is 3.48. The second kappa shape index (κ2) is 4.87. The molecule has 0 bridgehead atoms. The SMILES string of the molecule is COc1ccc(Cl)c2c(NN)cc(C(C)(C)C)nc12. The number of aromatic nitrogens is 1. The van der Waals surface area contributed by atoms with E-state index >= 15 is 0 Å². The van der Waals surface area contributed by atoms with Gasteiger partial charge in [0.2, 0.25) is 0 Å². The fourth-order valence-electron chi connectivity index (χ4n) is 1.94. The van der Waals surface area contributed by atoms with Gasteiger partial charge in [-0.15, -0.1) is 0 Å². The van der Waals surface area contributed by atoms with Crippen LogP contribution in [0.25, 0.3) is 10.9 Å². The Balaban J connectivity index is 2.88. The summed E-state index contributed by atoms with van der Waals surface area (Å²) in [5.74, 6) is 6.29. The molecule has 2 rings (SSSR count). The lowest BCUT2D eigenvalue weighted by Crippen LogP contribution is -2.16. The molecule has 0 unspecified atom stereocenters. The molecule has 0 aliphatic carbocycles. The van der Waals surface area contributed by atoms with Crippen molar-refractivity contribution in [1.82, 2.24) is 4.98 Å². The van der Waals surface area contributed by atoms with Gasteiger partial charge in [0.25, 0.3) is 0 Å². The van der Waals surface area contributed by atoms with Gasteiger partial charge >= 0.3 is 0 Å². The lowest BCUT2D eigenvalue weighted by atomic mass is 9.90. The smallest absolute Gasteiger partial charge is 0.145 e. The third-order valence-electron chi connectivity index (χ3n) is 3.02. The molecule has 0 atom stereocenters. The summed E-state index contributed by atoms with van der Waals surface area (Å²) in [4.78, 5) is 4.68. The number of benzene rings is 1. The van der Waals surface area contributed by atoms with Crippen LogP contribution in [0.2, 0.25) is 5.02 Å². The van der Waals surface area contributed by atoms with E-state index in [0.29, 0.717) is 10.8 Å². The average molecular weight is 280 g/mol. The number of nitrogen functional groups attached to an aromatic ring is 1. The number of anilines is 1. The van der Waals surface area contributed by atoms with Crippen molar-refractivity contribution in [2.24, 2.45) is 5.84 Å². The van der Waals surface area contributed by atoms with Crippen LogP contribution >= 0.6 is 11.6 Å². The van der Waals surface area contributed by atoms with E-state index in [1.165, 1.54) is 0 Å². The molecule has 2 aromatic rings. The van der Waals surface area contributed by atoms with Crippen molar-refractivity contribution >= 4 is 28.2 Å². The summed E-state index contributed by atoms with van der Waals surface area (Å²) < 4.78 is 5.36. The molecule has 0 radical (unpaired) electrons. The first kappa shape index (κ1) is 13.9. The highest BCUT2D eigenvalue weighted by atomic mass is 35.5. The van der Waals surface area contributed by atoms with Gasteiger partial charge in [0.1, 0.15) is 11.3 Å². The molecule has 0 amide bonds. The fourth-order valence-corrected chi connectivity index (χ4v) is 2.19. The fraction of sp³-hybridized carbons (Fsp3) is 0.357. The van der Waals surface area contributed by atoms with Crippen LogP contribution in [0.5, 0.6) is 5.75 Å². The van der Waals surface area contributed by atoms with Crippen molar-refractivity contribution in [2.45, 2.75) is 26.2 Å². The van der Waals surface area contributed by atoms with E-state index in [2.05, 4.69) is 31.2 Å². The van der Waals surface area contributed by atoms with E-state index < -0.39 is 0 Å². The molecule has 1 aromatic heterocycles. The van der Waals surface area contributed by atoms with Crippen molar-refractivity contribution in [2.75, 3.05) is 12.5 Å². The molecular weight excluding hydrogens is 262 g/mol. The first-order valence-corrected chi connectivity index (χ1v) is 6.40. The summed E-state index contributed by atoms with van der Waals surface area (Å²) in [6.07, 6.45) is 0. The van der Waals surface area contributed by atoms with Crippen LogP contribution in [0.15, 0.2) is 18.2 Å². The molecule has 102 valence electrons. The van der Waals surface area contributed by atoms with Crippen molar-refractivity contribution in [3.63, 3.8) is 0 Å². The highest BCUT2D eigenvalue weighted by Gasteiger charge is 2.20. The zero-order valence-corrected chi connectivity index (χ0v) is 12.3. The minimum atomic E-state index is -0.0902. The van der Waals surface area contributed by atoms with Gasteiger partial charge in [0, 0.05) is 16.5 Å². The number of hydrogen-bond acceptors (Lipinski definition) is 4. The molecule has 5 heteroatoms. The summed E-state index contributed by atoms with van der Waals surface area (Å²) >= 11 is 6.25. The summed E-state index contributed by atoms with van der Waals surface area (Å²) in [6, 6.07) is 5.51. The molecule has 0 saturated heterocycles. The molecule has 4 nitrogen and oxygen atoms in total. The van der Waals surface area contributed by atoms with Crippen LogP contribution in [0.3, 0.4) is 0 Å². The van der Waals surface area contributed by atoms with Gasteiger partial charge in [-0.05, 0) is 18.2 Å². The summed E-state index contributed by atoms with van der Waals surface area (Å²) in [6.45, 7) is 6.29. The van der Waals surface area contributed by atoms with Crippen LogP contribution in [-0.4, -0.2) is 12.1 Å². The number of halogens is 1. The van der Waals surface area contributed by atoms with Crippen LogP contribution < -0.4 is 16.0 Å². The number of pyridine rings is 1. The molecule has 3 N–H and O–H groups in total. The van der Waals surface area contributed by atoms with E-state index in [1.807, 2.05) is 12.1 Å². The van der Waals surface area contributed by atoms with E-state index in [-0.39, 0.29) is 5.41 Å². The lowest BCUT2D eigenvalue weighted by Gasteiger charge is -2.21. The second-order valence-electron chi connectivity index (χ2n) is 5.42. The van der Waals surface area contributed by atoms with Crippen LogP contribution in [0.1, 0.15) is 26.5 Å². The van der Waals surface area contributed by atoms with Gasteiger partial charge < -0.3 is 10.2 Å². The molecule has 0 spiro atoms. The van der Waals surface area contributed by atoms with E-state index in [0.717, 1.165) is 22.3 Å². The number of nitrogens with one attached hydrogen (secondary N) is 1. The largest absolute Gasteiger partial charge is 0.494 e. The number of methoxy groups -OCH3 is 1. The maximum absolute atomic E-state index is 6.25. The first-order valence-electron chi connectivity index (χ1n) is 6.03. The second-order valence-corrected chi connectivity index (χ2v) is 5.83. The summed E-state index contributed by atoms with van der Waals surface area (Å²) in [7, 11) is 1.61. The topological polar surface area (TPSA) is 60.2 Å². The number of nitrogens with zero attached hydrogens (tertiary/aromatic N) is 1. The number of ether oxygens (including phenoxy) is 1. The van der Waals surface area contributed by atoms with E-state index in [1.54, 1.807) is 13.2 Å². The Kier molecular flexibility index (Phi) is 3.56. The molecule has 0 aliphatic rings. The van der Waals surface area contributed by atoms with Gasteiger partial charge in [-0.25, -0.2) is 4.98 Å². The number of fused-ring (bicyclic) bond motifs is 1. The molecule has 19 heavy (non-hydrogen) atoms. The van der Waals surface area contributed by atoms with Gasteiger partial charge in [0.15, 0.2) is 0 Å². The normalized spacial score (nSPS) is 11.7. The van der Waals surface area contributed by atoms with Crippen LogP contribution in [-0.2, 0) is 5.41 Å². The van der Waals surface area contributed by atoms with E-state index in [9.17, 15) is 0 Å². The number of nitrogens with two attached hydrogens (primary N) is 1. The first-order chi connectivity index (χ1) is 8.88. The van der Waals surface area contributed by atoms with Gasteiger partial charge in [-0.1, -0.05) is 32.4 Å². The Morgan fingerprint density at radius 3 is 2.53 bits per heavy atom. The molecule has 0 saturated carbocycles. The van der Waals surface area contributed by atoms with Crippen molar-refractivity contribution in [3.8, 4) is 5.75 Å². The van der Waals surface area contributed by atoms with Gasteiger partial charge in [-0.2, -0.15) is 0 Å². The van der Waals surface area contributed by atoms with Crippen LogP contribution in [0, 0.1) is 0 Å². The van der Waals surface area contributed by atoms with Crippen molar-refractivity contribution < 1.29 is 4.74 Å². The molecule has 0 fully saturated rings. The maximum atomic E-state index is 6.25. The monoisotopic (exact) mass is 279 g/mol. The van der Waals surface area contributed by atoms with Crippen molar-refractivity contribution in [1.29, 1.82) is 0 Å². The third kappa shape index (κ3) is 2.46. The number of hydrogen-bond donors (Lipinski definition) is 2. The Labute approximate surface area is 117 Å². The Hall–Kier alpha value is -1.52. The Bertz CT molecular complexity index is 620. The summed E-state index contributed by atoms with van der Waals surface area (Å²) in [5, 5.41) is 1.37. The number of hydrazine groups is 1.